The van der Waals surface area contributed by atoms with Gasteiger partial charge in [-0.05, 0) is 55.8 Å². The van der Waals surface area contributed by atoms with Crippen LogP contribution in [0.25, 0.3) is 0 Å². The van der Waals surface area contributed by atoms with E-state index in [2.05, 4.69) is 44.0 Å². The van der Waals surface area contributed by atoms with Crippen molar-refractivity contribution in [3.05, 3.63) is 29.6 Å². The highest BCUT2D eigenvalue weighted by Gasteiger charge is 2.19. The number of piperidine rings is 1. The Bertz CT molecular complexity index is 451. The molecule has 0 aromatic heterocycles. The second-order valence-electron chi connectivity index (χ2n) is 6.90. The van der Waals surface area contributed by atoms with Crippen molar-refractivity contribution in [1.82, 2.24) is 5.32 Å². The van der Waals surface area contributed by atoms with Gasteiger partial charge in [-0.2, -0.15) is 0 Å². The maximum atomic E-state index is 14.4. The van der Waals surface area contributed by atoms with E-state index in [0.29, 0.717) is 5.92 Å². The van der Waals surface area contributed by atoms with Crippen LogP contribution in [0.15, 0.2) is 18.2 Å². The van der Waals surface area contributed by atoms with Gasteiger partial charge >= 0.3 is 0 Å². The Morgan fingerprint density at radius 2 is 1.90 bits per heavy atom. The summed E-state index contributed by atoms with van der Waals surface area (Å²) in [6.07, 6.45) is 2.32. The van der Waals surface area contributed by atoms with Crippen LogP contribution in [0.2, 0.25) is 0 Å². The minimum atomic E-state index is -0.0831. The first-order chi connectivity index (χ1) is 9.97. The third-order valence-electron chi connectivity index (χ3n) is 4.43. The molecule has 0 aliphatic carbocycles. The number of benzene rings is 1. The first-order valence-electron chi connectivity index (χ1n) is 8.25. The van der Waals surface area contributed by atoms with Crippen molar-refractivity contribution in [2.75, 3.05) is 24.5 Å². The van der Waals surface area contributed by atoms with Crippen molar-refractivity contribution < 1.29 is 4.39 Å². The third-order valence-corrected chi connectivity index (χ3v) is 4.43. The molecule has 1 atom stereocenters. The molecule has 1 fully saturated rings. The van der Waals surface area contributed by atoms with E-state index >= 15 is 0 Å². The highest BCUT2D eigenvalue weighted by atomic mass is 19.1. The van der Waals surface area contributed by atoms with E-state index in [-0.39, 0.29) is 11.9 Å². The van der Waals surface area contributed by atoms with Crippen LogP contribution in [0, 0.1) is 17.7 Å². The number of hydrogen-bond donors (Lipinski definition) is 1. The van der Waals surface area contributed by atoms with Gasteiger partial charge in [0.15, 0.2) is 0 Å². The van der Waals surface area contributed by atoms with Gasteiger partial charge < -0.3 is 10.2 Å². The second kappa shape index (κ2) is 7.26. The topological polar surface area (TPSA) is 15.3 Å². The molecule has 1 aromatic carbocycles. The second-order valence-corrected chi connectivity index (χ2v) is 6.90. The predicted molar refractivity (Wildman–Crippen MR) is 88.3 cm³/mol. The number of halogens is 1. The lowest BCUT2D eigenvalue weighted by Crippen LogP contribution is -2.33. The molecule has 0 saturated carbocycles. The number of rotatable bonds is 5. The van der Waals surface area contributed by atoms with Crippen LogP contribution < -0.4 is 10.2 Å². The molecule has 118 valence electrons. The molecule has 1 aliphatic heterocycles. The lowest BCUT2D eigenvalue weighted by Gasteiger charge is -2.32. The Morgan fingerprint density at radius 1 is 1.24 bits per heavy atom. The standard InChI is InChI=1S/C18H29FN2/c1-13(2)12-20-15(4)16-5-6-18(17(19)11-16)21-9-7-14(3)8-10-21/h5-6,11,13-15,20H,7-10,12H2,1-4H3/t15-/m0/s1. The Hall–Kier alpha value is -1.09. The first kappa shape index (κ1) is 16.3. The fourth-order valence-corrected chi connectivity index (χ4v) is 2.83. The lowest BCUT2D eigenvalue weighted by atomic mass is 9.98. The van der Waals surface area contributed by atoms with Gasteiger partial charge in [-0.3, -0.25) is 0 Å². The normalized spacial score (nSPS) is 18.3. The maximum absolute atomic E-state index is 14.4. The van der Waals surface area contributed by atoms with E-state index < -0.39 is 0 Å². The highest BCUT2D eigenvalue weighted by molar-refractivity contribution is 5.50. The zero-order valence-corrected chi connectivity index (χ0v) is 13.8. The van der Waals surface area contributed by atoms with Crippen LogP contribution in [0.3, 0.4) is 0 Å². The minimum absolute atomic E-state index is 0.0831. The molecule has 21 heavy (non-hydrogen) atoms. The molecule has 3 heteroatoms. The molecule has 1 N–H and O–H groups in total. The van der Waals surface area contributed by atoms with Gasteiger partial charge in [0, 0.05) is 19.1 Å². The SMILES string of the molecule is CC(C)CN[C@@H](C)c1ccc(N2CCC(C)CC2)c(F)c1. The first-order valence-corrected chi connectivity index (χ1v) is 8.25. The van der Waals surface area contributed by atoms with E-state index in [4.69, 9.17) is 0 Å². The van der Waals surface area contributed by atoms with Crippen molar-refractivity contribution in [1.29, 1.82) is 0 Å². The molecule has 0 amide bonds. The fourth-order valence-electron chi connectivity index (χ4n) is 2.83. The molecule has 0 radical (unpaired) electrons. The molecule has 1 heterocycles. The molecular weight excluding hydrogens is 263 g/mol. The molecule has 1 aromatic rings. The van der Waals surface area contributed by atoms with Crippen LogP contribution >= 0.6 is 0 Å². The number of nitrogens with zero attached hydrogens (tertiary/aromatic N) is 1. The van der Waals surface area contributed by atoms with Crippen molar-refractivity contribution >= 4 is 5.69 Å². The molecule has 2 rings (SSSR count). The molecule has 1 aliphatic rings. The highest BCUT2D eigenvalue weighted by Crippen LogP contribution is 2.27. The van der Waals surface area contributed by atoms with Gasteiger partial charge in [0.25, 0.3) is 0 Å². The quantitative estimate of drug-likeness (QED) is 0.867. The lowest BCUT2D eigenvalue weighted by molar-refractivity contribution is 0.434. The Balaban J connectivity index is 2.03. The number of hydrogen-bond acceptors (Lipinski definition) is 2. The van der Waals surface area contributed by atoms with Crippen LogP contribution in [0.5, 0.6) is 0 Å². The monoisotopic (exact) mass is 292 g/mol. The third kappa shape index (κ3) is 4.44. The summed E-state index contributed by atoms with van der Waals surface area (Å²) in [5.41, 5.74) is 1.80. The minimum Gasteiger partial charge on any atom is -0.369 e. The molecule has 0 bridgehead atoms. The van der Waals surface area contributed by atoms with E-state index in [1.807, 2.05) is 6.07 Å². The molecule has 1 saturated heterocycles. The number of anilines is 1. The van der Waals surface area contributed by atoms with E-state index in [0.717, 1.165) is 49.6 Å². The van der Waals surface area contributed by atoms with Gasteiger partial charge in [0.05, 0.1) is 5.69 Å². The summed E-state index contributed by atoms with van der Waals surface area (Å²) < 4.78 is 14.4. The van der Waals surface area contributed by atoms with E-state index in [9.17, 15) is 4.39 Å². The van der Waals surface area contributed by atoms with Crippen LogP contribution in [0.1, 0.15) is 52.1 Å². The zero-order valence-electron chi connectivity index (χ0n) is 13.8. The van der Waals surface area contributed by atoms with Gasteiger partial charge in [0.1, 0.15) is 5.82 Å². The largest absolute Gasteiger partial charge is 0.369 e. The molecule has 0 spiro atoms. The maximum Gasteiger partial charge on any atom is 0.146 e. The summed E-state index contributed by atoms with van der Waals surface area (Å²) in [5.74, 6) is 1.29. The Labute approximate surface area is 128 Å². The van der Waals surface area contributed by atoms with Gasteiger partial charge in [-0.1, -0.05) is 26.8 Å². The predicted octanol–water partition coefficient (Wildman–Crippen LogP) is 4.37. The van der Waals surface area contributed by atoms with E-state index in [1.54, 1.807) is 6.07 Å². The zero-order chi connectivity index (χ0) is 15.4. The van der Waals surface area contributed by atoms with Crippen LogP contribution in [-0.2, 0) is 0 Å². The van der Waals surface area contributed by atoms with Crippen molar-refractivity contribution in [3.63, 3.8) is 0 Å². The van der Waals surface area contributed by atoms with Gasteiger partial charge in [-0.15, -0.1) is 0 Å². The molecular formula is C18H29FN2. The Kier molecular flexibility index (Phi) is 5.63. The van der Waals surface area contributed by atoms with Gasteiger partial charge in [-0.25, -0.2) is 4.39 Å². The van der Waals surface area contributed by atoms with Crippen molar-refractivity contribution in [2.45, 2.75) is 46.6 Å². The summed E-state index contributed by atoms with van der Waals surface area (Å²) in [5, 5.41) is 3.45. The summed E-state index contributed by atoms with van der Waals surface area (Å²) in [6, 6.07) is 5.91. The van der Waals surface area contributed by atoms with Crippen molar-refractivity contribution in [3.8, 4) is 0 Å². The average Bonchev–Trinajstić information content (AvgIpc) is 2.45. The van der Waals surface area contributed by atoms with E-state index in [1.165, 1.54) is 0 Å². The smallest absolute Gasteiger partial charge is 0.146 e. The van der Waals surface area contributed by atoms with Crippen molar-refractivity contribution in [2.24, 2.45) is 11.8 Å². The Morgan fingerprint density at radius 3 is 2.48 bits per heavy atom. The van der Waals surface area contributed by atoms with Crippen LogP contribution in [0.4, 0.5) is 10.1 Å². The summed E-state index contributed by atoms with van der Waals surface area (Å²) >= 11 is 0. The molecule has 0 unspecified atom stereocenters. The number of nitrogens with one attached hydrogen (secondary N) is 1. The summed E-state index contributed by atoms with van der Waals surface area (Å²) in [4.78, 5) is 2.19. The van der Waals surface area contributed by atoms with Crippen LogP contribution in [-0.4, -0.2) is 19.6 Å². The average molecular weight is 292 g/mol. The van der Waals surface area contributed by atoms with Gasteiger partial charge in [0.2, 0.25) is 0 Å². The summed E-state index contributed by atoms with van der Waals surface area (Å²) in [7, 11) is 0. The summed E-state index contributed by atoms with van der Waals surface area (Å²) in [6.45, 7) is 11.6. The molecule has 2 nitrogen and oxygen atoms in total. The fraction of sp³-hybridized carbons (Fsp3) is 0.667.